The molecule has 26 heavy (non-hydrogen) atoms. The first-order valence-corrected chi connectivity index (χ1v) is 8.74. The van der Waals surface area contributed by atoms with Crippen molar-refractivity contribution in [3.05, 3.63) is 46.0 Å². The first-order valence-electron chi connectivity index (χ1n) is 8.74. The number of carbonyl (C=O) groups is 1. The number of carboxylic acids is 1. The minimum Gasteiger partial charge on any atom is -0.481 e. The van der Waals surface area contributed by atoms with Crippen molar-refractivity contribution in [2.45, 2.75) is 60.5 Å². The number of methoxy groups -OCH3 is 1. The number of benzene rings is 1. The summed E-state index contributed by atoms with van der Waals surface area (Å²) in [5.41, 5.74) is 1.22. The Hall–Kier alpha value is -2.15. The van der Waals surface area contributed by atoms with Gasteiger partial charge in [-0.15, -0.1) is 10.1 Å². The highest BCUT2D eigenvalue weighted by atomic mass is 16.9. The van der Waals surface area contributed by atoms with E-state index in [0.29, 0.717) is 6.61 Å². The summed E-state index contributed by atoms with van der Waals surface area (Å²) in [5.74, 6) is -0.546. The van der Waals surface area contributed by atoms with Crippen LogP contribution in [0.4, 0.5) is 0 Å². The molecule has 1 aromatic carbocycles. The van der Waals surface area contributed by atoms with Gasteiger partial charge in [0.1, 0.15) is 0 Å². The Bertz CT molecular complexity index is 421. The maximum atomic E-state index is 9.69. The second-order valence-electron chi connectivity index (χ2n) is 5.56. The zero-order valence-electron chi connectivity index (χ0n) is 16.9. The van der Waals surface area contributed by atoms with E-state index < -0.39 is 11.1 Å². The predicted molar refractivity (Wildman–Crippen MR) is 103 cm³/mol. The van der Waals surface area contributed by atoms with E-state index in [4.69, 9.17) is 14.6 Å². The van der Waals surface area contributed by atoms with E-state index >= 15 is 0 Å². The summed E-state index contributed by atoms with van der Waals surface area (Å²) in [6, 6.07) is 10.1. The lowest BCUT2D eigenvalue weighted by Gasteiger charge is -2.06. The second-order valence-corrected chi connectivity index (χ2v) is 5.56. The molecule has 0 heterocycles. The molecule has 0 spiro atoms. The van der Waals surface area contributed by atoms with Crippen molar-refractivity contribution in [3.8, 4) is 0 Å². The van der Waals surface area contributed by atoms with Gasteiger partial charge in [0.15, 0.2) is 0 Å². The van der Waals surface area contributed by atoms with Crippen LogP contribution in [0.3, 0.4) is 0 Å². The van der Waals surface area contributed by atoms with Gasteiger partial charge in [-0.3, -0.25) is 4.79 Å². The van der Waals surface area contributed by atoms with Gasteiger partial charge >= 0.3 is 0 Å². The van der Waals surface area contributed by atoms with Gasteiger partial charge < -0.3 is 14.7 Å². The number of carboxylic acid groups (broad SMARTS) is 1. The molecule has 0 saturated carbocycles. The van der Waals surface area contributed by atoms with Gasteiger partial charge in [0.25, 0.3) is 11.1 Å². The summed E-state index contributed by atoms with van der Waals surface area (Å²) in [6.45, 7) is 10.2. The lowest BCUT2D eigenvalue weighted by Crippen LogP contribution is -2.09. The number of hydrogen-bond donors (Lipinski definition) is 1. The molecular weight excluding hydrogens is 338 g/mol. The average molecular weight is 373 g/mol. The number of nitrogens with zero attached hydrogens (tertiary/aromatic N) is 1. The molecule has 1 atom stereocenters. The third-order valence-corrected chi connectivity index (χ3v) is 2.40. The summed E-state index contributed by atoms with van der Waals surface area (Å²) in [5, 5.41) is 16.4. The van der Waals surface area contributed by atoms with Crippen molar-refractivity contribution in [3.63, 3.8) is 0 Å². The van der Waals surface area contributed by atoms with Gasteiger partial charge in [-0.1, -0.05) is 70.9 Å². The summed E-state index contributed by atoms with van der Waals surface area (Å²) in [4.78, 5) is 22.9. The lowest BCUT2D eigenvalue weighted by atomic mass is 10.1. The third-order valence-electron chi connectivity index (χ3n) is 2.40. The van der Waals surface area contributed by atoms with Crippen LogP contribution in [0.2, 0.25) is 0 Å². The van der Waals surface area contributed by atoms with Crippen LogP contribution in [0.1, 0.15) is 59.4 Å². The molecule has 1 N–H and O–H groups in total. The van der Waals surface area contributed by atoms with E-state index in [1.54, 1.807) is 7.11 Å². The summed E-state index contributed by atoms with van der Waals surface area (Å²) in [7, 11) is 1.70. The molecule has 0 amide bonds. The number of ether oxygens (including phenoxy) is 1. The topological polar surface area (TPSA) is 98.9 Å². The van der Waals surface area contributed by atoms with Crippen molar-refractivity contribution in [1.82, 2.24) is 0 Å². The molecule has 1 aromatic rings. The Balaban J connectivity index is -0.000000303. The van der Waals surface area contributed by atoms with E-state index in [-0.39, 0.29) is 12.5 Å². The normalized spacial score (nSPS) is 9.77. The van der Waals surface area contributed by atoms with Gasteiger partial charge in [-0.05, 0) is 17.9 Å². The number of aliphatic carboxylic acids is 1. The fourth-order valence-corrected chi connectivity index (χ4v) is 1.51. The highest BCUT2D eigenvalue weighted by Gasteiger charge is 2.02. The lowest BCUT2D eigenvalue weighted by molar-refractivity contribution is -0.759. The van der Waals surface area contributed by atoms with Gasteiger partial charge in [0, 0.05) is 14.0 Å². The second kappa shape index (κ2) is 22.9. The van der Waals surface area contributed by atoms with Gasteiger partial charge in [-0.25, -0.2) is 0 Å². The minimum atomic E-state index is -0.833. The highest BCUT2D eigenvalue weighted by Crippen LogP contribution is 2.04. The molecule has 0 aliphatic carbocycles. The molecule has 7 nitrogen and oxygen atoms in total. The van der Waals surface area contributed by atoms with E-state index in [0.717, 1.165) is 19.8 Å². The van der Waals surface area contributed by atoms with Crippen molar-refractivity contribution >= 4 is 5.97 Å². The van der Waals surface area contributed by atoms with Crippen LogP contribution in [0.15, 0.2) is 30.3 Å². The fourth-order valence-electron chi connectivity index (χ4n) is 1.51. The standard InChI is InChI=1S/C8H10O.C6H13NO3.C3H8.C2H4O2/c1-9-7-8-5-3-2-4-6-8;1-3-4-6(2)5-10-7(8)9;1-3-2;1-2(3)4/h2-6H,7H2,1H3;6H,3-5H2,1-2H3;3H2,1-2H3;1H3,(H,3,4). The molecular formula is C19H35NO6. The summed E-state index contributed by atoms with van der Waals surface area (Å²) in [6.07, 6.45) is 3.27. The third kappa shape index (κ3) is 33.5. The molecule has 0 radical (unpaired) electrons. The summed E-state index contributed by atoms with van der Waals surface area (Å²) < 4.78 is 4.93. The Kier molecular flexibility index (Phi) is 25.2. The molecule has 0 fully saturated rings. The van der Waals surface area contributed by atoms with Crippen LogP contribution in [-0.2, 0) is 21.0 Å². The van der Waals surface area contributed by atoms with Gasteiger partial charge in [0.2, 0.25) is 0 Å². The van der Waals surface area contributed by atoms with E-state index in [2.05, 4.69) is 18.7 Å². The first-order chi connectivity index (χ1) is 12.2. The molecule has 0 bridgehead atoms. The zero-order valence-corrected chi connectivity index (χ0v) is 16.9. The Labute approximate surface area is 157 Å². The van der Waals surface area contributed by atoms with Crippen LogP contribution in [-0.4, -0.2) is 29.9 Å². The van der Waals surface area contributed by atoms with Crippen LogP contribution >= 0.6 is 0 Å². The Morgan fingerprint density at radius 2 is 1.69 bits per heavy atom. The monoisotopic (exact) mass is 373 g/mol. The molecule has 7 heteroatoms. The predicted octanol–water partition coefficient (Wildman–Crippen LogP) is 4.97. The number of rotatable bonds is 7. The zero-order chi connectivity index (χ0) is 20.8. The molecule has 152 valence electrons. The largest absolute Gasteiger partial charge is 0.481 e. The fraction of sp³-hybridized carbons (Fsp3) is 0.632. The first kappa shape index (κ1) is 28.6. The Morgan fingerprint density at radius 1 is 1.23 bits per heavy atom. The molecule has 0 aromatic heterocycles. The minimum absolute atomic E-state index is 0.223. The molecule has 0 aliphatic heterocycles. The number of hydrogen-bond acceptors (Lipinski definition) is 5. The van der Waals surface area contributed by atoms with Crippen molar-refractivity contribution < 1.29 is 24.6 Å². The van der Waals surface area contributed by atoms with E-state index in [1.165, 1.54) is 12.0 Å². The van der Waals surface area contributed by atoms with Crippen molar-refractivity contribution in [1.29, 1.82) is 0 Å². The van der Waals surface area contributed by atoms with Crippen LogP contribution < -0.4 is 0 Å². The van der Waals surface area contributed by atoms with Crippen LogP contribution in [0.25, 0.3) is 0 Å². The Morgan fingerprint density at radius 3 is 2.04 bits per heavy atom. The molecule has 0 aliphatic rings. The van der Waals surface area contributed by atoms with Gasteiger partial charge in [-0.2, -0.15) is 0 Å². The van der Waals surface area contributed by atoms with Crippen LogP contribution in [0.5, 0.6) is 0 Å². The summed E-state index contributed by atoms with van der Waals surface area (Å²) >= 11 is 0. The smallest absolute Gasteiger partial charge is 0.300 e. The quantitative estimate of drug-likeness (QED) is 0.535. The molecule has 1 unspecified atom stereocenters. The maximum Gasteiger partial charge on any atom is 0.300 e. The van der Waals surface area contributed by atoms with Gasteiger partial charge in [0.05, 0.1) is 13.2 Å². The van der Waals surface area contributed by atoms with Crippen molar-refractivity contribution in [2.24, 2.45) is 5.92 Å². The van der Waals surface area contributed by atoms with E-state index in [1.807, 2.05) is 44.2 Å². The molecule has 0 saturated heterocycles. The van der Waals surface area contributed by atoms with Crippen molar-refractivity contribution in [2.75, 3.05) is 13.7 Å². The SMILES string of the molecule is CC(=O)O.CCC.CCCC(C)CO[N+](=O)[O-].COCc1ccccc1. The van der Waals surface area contributed by atoms with Crippen LogP contribution in [0, 0.1) is 16.0 Å². The highest BCUT2D eigenvalue weighted by molar-refractivity contribution is 5.62. The molecule has 1 rings (SSSR count). The average Bonchev–Trinajstić information content (AvgIpc) is 2.55. The maximum absolute atomic E-state index is 9.69. The van der Waals surface area contributed by atoms with E-state index in [9.17, 15) is 10.1 Å².